The van der Waals surface area contributed by atoms with Gasteiger partial charge in [-0.25, -0.2) is 9.97 Å². The third kappa shape index (κ3) is 1.58. The zero-order valence-corrected chi connectivity index (χ0v) is 11.0. The van der Waals surface area contributed by atoms with Gasteiger partial charge in [0.1, 0.15) is 11.6 Å². The van der Waals surface area contributed by atoms with Gasteiger partial charge >= 0.3 is 0 Å². The summed E-state index contributed by atoms with van der Waals surface area (Å²) in [6.07, 6.45) is 0. The van der Waals surface area contributed by atoms with Gasteiger partial charge in [-0.1, -0.05) is 27.7 Å². The highest BCUT2D eigenvalue weighted by molar-refractivity contribution is 5.42. The van der Waals surface area contributed by atoms with E-state index in [0.717, 1.165) is 17.3 Å². The highest BCUT2D eigenvalue weighted by atomic mass is 15.1. The van der Waals surface area contributed by atoms with Crippen molar-refractivity contribution in [3.8, 4) is 0 Å². The lowest BCUT2D eigenvalue weighted by atomic mass is 10.0. The van der Waals surface area contributed by atoms with Crippen LogP contribution in [0.2, 0.25) is 0 Å². The summed E-state index contributed by atoms with van der Waals surface area (Å²) in [5.41, 5.74) is 1.69. The van der Waals surface area contributed by atoms with Crippen molar-refractivity contribution in [2.75, 3.05) is 5.32 Å². The molecule has 0 saturated heterocycles. The van der Waals surface area contributed by atoms with Gasteiger partial charge in [-0.3, -0.25) is 0 Å². The first-order valence-electron chi connectivity index (χ1n) is 5.84. The standard InChI is InChI=1S/C13H21N3/c1-8-7-10(15-9(2)14-8)16-11-12(3,4)13(11,5)6/h7,11H,1-6H3,(H,14,15,16). The SMILES string of the molecule is Cc1cc(NC2C(C)(C)C2(C)C)nc(C)n1. The fourth-order valence-corrected chi connectivity index (χ4v) is 2.50. The van der Waals surface area contributed by atoms with Crippen molar-refractivity contribution in [2.45, 2.75) is 47.6 Å². The first-order chi connectivity index (χ1) is 7.25. The van der Waals surface area contributed by atoms with Crippen molar-refractivity contribution in [2.24, 2.45) is 10.8 Å². The summed E-state index contributed by atoms with van der Waals surface area (Å²) in [5, 5.41) is 3.53. The zero-order valence-electron chi connectivity index (χ0n) is 11.0. The van der Waals surface area contributed by atoms with Crippen molar-refractivity contribution in [3.63, 3.8) is 0 Å². The minimum absolute atomic E-state index is 0.333. The number of rotatable bonds is 2. The van der Waals surface area contributed by atoms with Crippen LogP contribution in [-0.2, 0) is 0 Å². The molecule has 0 atom stereocenters. The van der Waals surface area contributed by atoms with Crippen LogP contribution < -0.4 is 5.32 Å². The van der Waals surface area contributed by atoms with E-state index >= 15 is 0 Å². The van der Waals surface area contributed by atoms with Gasteiger partial charge in [0, 0.05) is 17.8 Å². The molecule has 16 heavy (non-hydrogen) atoms. The third-order valence-electron chi connectivity index (χ3n) is 4.28. The van der Waals surface area contributed by atoms with Gasteiger partial charge in [0.25, 0.3) is 0 Å². The van der Waals surface area contributed by atoms with E-state index in [9.17, 15) is 0 Å². The molecule has 88 valence electrons. The lowest BCUT2D eigenvalue weighted by molar-refractivity contribution is 0.457. The van der Waals surface area contributed by atoms with Crippen molar-refractivity contribution >= 4 is 5.82 Å². The van der Waals surface area contributed by atoms with Crippen LogP contribution in [0.3, 0.4) is 0 Å². The first kappa shape index (κ1) is 11.4. The minimum Gasteiger partial charge on any atom is -0.366 e. The Morgan fingerprint density at radius 2 is 1.62 bits per heavy atom. The summed E-state index contributed by atoms with van der Waals surface area (Å²) < 4.78 is 0. The topological polar surface area (TPSA) is 37.8 Å². The quantitative estimate of drug-likeness (QED) is 0.831. The summed E-state index contributed by atoms with van der Waals surface area (Å²) in [4.78, 5) is 8.71. The number of anilines is 1. The Hall–Kier alpha value is -1.12. The molecule has 1 N–H and O–H groups in total. The fraction of sp³-hybridized carbons (Fsp3) is 0.692. The molecule has 1 heterocycles. The molecule has 0 amide bonds. The number of hydrogen-bond acceptors (Lipinski definition) is 3. The van der Waals surface area contributed by atoms with E-state index in [4.69, 9.17) is 0 Å². The second-order valence-electron chi connectivity index (χ2n) is 5.96. The molecular formula is C13H21N3. The van der Waals surface area contributed by atoms with Crippen molar-refractivity contribution in [3.05, 3.63) is 17.6 Å². The Labute approximate surface area is 97.7 Å². The average molecular weight is 219 g/mol. The Morgan fingerprint density at radius 3 is 2.06 bits per heavy atom. The van der Waals surface area contributed by atoms with E-state index in [2.05, 4.69) is 43.0 Å². The molecule has 2 rings (SSSR count). The first-order valence-corrected chi connectivity index (χ1v) is 5.84. The summed E-state index contributed by atoms with van der Waals surface area (Å²) in [7, 11) is 0. The van der Waals surface area contributed by atoms with E-state index in [0.29, 0.717) is 16.9 Å². The average Bonchev–Trinajstić information content (AvgIpc) is 2.46. The Kier molecular flexibility index (Phi) is 2.26. The maximum absolute atomic E-state index is 4.42. The molecule has 1 aromatic heterocycles. The van der Waals surface area contributed by atoms with Crippen LogP contribution in [0.15, 0.2) is 6.07 Å². The van der Waals surface area contributed by atoms with Crippen LogP contribution >= 0.6 is 0 Å². The van der Waals surface area contributed by atoms with Gasteiger partial charge in [-0.05, 0) is 24.7 Å². The molecule has 1 fully saturated rings. The summed E-state index contributed by atoms with van der Waals surface area (Å²) in [6, 6.07) is 2.51. The Balaban J connectivity index is 2.18. The largest absolute Gasteiger partial charge is 0.366 e. The lowest BCUT2D eigenvalue weighted by Crippen LogP contribution is -2.12. The van der Waals surface area contributed by atoms with Gasteiger partial charge in [-0.15, -0.1) is 0 Å². The van der Waals surface area contributed by atoms with Gasteiger partial charge in [0.15, 0.2) is 0 Å². The predicted octanol–water partition coefficient (Wildman–Crippen LogP) is 2.94. The summed E-state index contributed by atoms with van der Waals surface area (Å²) in [5.74, 6) is 1.78. The molecule has 0 aromatic carbocycles. The van der Waals surface area contributed by atoms with E-state index < -0.39 is 0 Å². The Bertz CT molecular complexity index is 387. The van der Waals surface area contributed by atoms with Gasteiger partial charge < -0.3 is 5.32 Å². The molecule has 3 nitrogen and oxygen atoms in total. The second-order valence-corrected chi connectivity index (χ2v) is 5.96. The van der Waals surface area contributed by atoms with Crippen LogP contribution in [0.4, 0.5) is 5.82 Å². The van der Waals surface area contributed by atoms with Crippen molar-refractivity contribution in [1.82, 2.24) is 9.97 Å². The van der Waals surface area contributed by atoms with E-state index in [1.807, 2.05) is 19.9 Å². The van der Waals surface area contributed by atoms with Crippen LogP contribution in [0.1, 0.15) is 39.2 Å². The Morgan fingerprint density at radius 1 is 1.06 bits per heavy atom. The molecule has 1 aliphatic carbocycles. The van der Waals surface area contributed by atoms with Crippen molar-refractivity contribution < 1.29 is 0 Å². The number of aryl methyl sites for hydroxylation is 2. The molecular weight excluding hydrogens is 198 g/mol. The molecule has 0 aliphatic heterocycles. The van der Waals surface area contributed by atoms with Crippen LogP contribution in [0.25, 0.3) is 0 Å². The fourth-order valence-electron chi connectivity index (χ4n) is 2.50. The smallest absolute Gasteiger partial charge is 0.130 e. The molecule has 0 radical (unpaired) electrons. The second kappa shape index (κ2) is 3.19. The van der Waals surface area contributed by atoms with E-state index in [1.54, 1.807) is 0 Å². The maximum Gasteiger partial charge on any atom is 0.130 e. The zero-order chi connectivity index (χ0) is 12.1. The van der Waals surface area contributed by atoms with Crippen LogP contribution in [0, 0.1) is 24.7 Å². The van der Waals surface area contributed by atoms with E-state index in [-0.39, 0.29) is 0 Å². The molecule has 1 aromatic rings. The molecule has 1 aliphatic rings. The number of aromatic nitrogens is 2. The normalized spacial score (nSPS) is 21.9. The van der Waals surface area contributed by atoms with Gasteiger partial charge in [-0.2, -0.15) is 0 Å². The van der Waals surface area contributed by atoms with Crippen molar-refractivity contribution in [1.29, 1.82) is 0 Å². The molecule has 0 spiro atoms. The predicted molar refractivity (Wildman–Crippen MR) is 66.5 cm³/mol. The number of nitrogens with zero attached hydrogens (tertiary/aromatic N) is 2. The molecule has 0 unspecified atom stereocenters. The third-order valence-corrected chi connectivity index (χ3v) is 4.28. The number of nitrogens with one attached hydrogen (secondary N) is 1. The van der Waals surface area contributed by atoms with E-state index in [1.165, 1.54) is 0 Å². The summed E-state index contributed by atoms with van der Waals surface area (Å²) >= 11 is 0. The number of hydrogen-bond donors (Lipinski definition) is 1. The highest BCUT2D eigenvalue weighted by Crippen LogP contribution is 2.63. The molecule has 3 heteroatoms. The lowest BCUT2D eigenvalue weighted by Gasteiger charge is -2.08. The summed E-state index contributed by atoms with van der Waals surface area (Å²) in [6.45, 7) is 13.1. The maximum atomic E-state index is 4.42. The minimum atomic E-state index is 0.333. The molecule has 0 bridgehead atoms. The monoisotopic (exact) mass is 219 g/mol. The van der Waals surface area contributed by atoms with Gasteiger partial charge in [0.05, 0.1) is 0 Å². The van der Waals surface area contributed by atoms with Crippen LogP contribution in [0.5, 0.6) is 0 Å². The highest BCUT2D eigenvalue weighted by Gasteiger charge is 2.65. The van der Waals surface area contributed by atoms with Crippen LogP contribution in [-0.4, -0.2) is 16.0 Å². The van der Waals surface area contributed by atoms with Gasteiger partial charge in [0.2, 0.25) is 0 Å². The molecule has 1 saturated carbocycles.